The average Bonchev–Trinajstić information content (AvgIpc) is 2.06. The van der Waals surface area contributed by atoms with Crippen LogP contribution >= 0.6 is 0 Å². The summed E-state index contributed by atoms with van der Waals surface area (Å²) in [6.45, 7) is 0. The Kier molecular flexibility index (Phi) is 3.30. The SMILES string of the molecule is C[SeH]=C(O)Nc1ccccc1. The zero-order valence-corrected chi connectivity index (χ0v) is 8.16. The predicted octanol–water partition coefficient (Wildman–Crippen LogP) is 1.04. The Morgan fingerprint density at radius 3 is 2.55 bits per heavy atom. The van der Waals surface area contributed by atoms with Gasteiger partial charge in [-0.3, -0.25) is 0 Å². The fourth-order valence-corrected chi connectivity index (χ4v) is 1.21. The van der Waals surface area contributed by atoms with Crippen LogP contribution in [0.5, 0.6) is 0 Å². The molecule has 0 bridgehead atoms. The summed E-state index contributed by atoms with van der Waals surface area (Å²) in [5, 5.41) is 12.1. The summed E-state index contributed by atoms with van der Waals surface area (Å²) in [5.41, 5.74) is 0.946. The molecule has 0 saturated carbocycles. The number of hydrogen-bond acceptors (Lipinski definition) is 2. The molecule has 60 valence electrons. The molecule has 0 aliphatic rings. The van der Waals surface area contributed by atoms with Crippen molar-refractivity contribution in [3.63, 3.8) is 0 Å². The second-order valence-corrected chi connectivity index (χ2v) is 3.87. The fraction of sp³-hybridized carbons (Fsp3) is 0.125. The Labute approximate surface area is 72.0 Å². The quantitative estimate of drug-likeness (QED) is 0.724. The van der Waals surface area contributed by atoms with Crippen LogP contribution < -0.4 is 5.32 Å². The number of anilines is 1. The Hall–Kier alpha value is -0.631. The van der Waals surface area contributed by atoms with Crippen LogP contribution in [-0.4, -0.2) is 24.4 Å². The molecule has 0 aliphatic carbocycles. The molecule has 1 aromatic rings. The van der Waals surface area contributed by atoms with Crippen molar-refractivity contribution in [1.29, 1.82) is 0 Å². The van der Waals surface area contributed by atoms with E-state index in [4.69, 9.17) is 5.11 Å². The molecule has 0 aliphatic heterocycles. The van der Waals surface area contributed by atoms with Crippen LogP contribution in [0.4, 0.5) is 5.69 Å². The van der Waals surface area contributed by atoms with E-state index in [-0.39, 0.29) is 14.5 Å². The summed E-state index contributed by atoms with van der Waals surface area (Å²) in [4.78, 5) is 0. The topological polar surface area (TPSA) is 32.3 Å². The Bertz CT molecular complexity index is 246. The van der Waals surface area contributed by atoms with Gasteiger partial charge in [0.25, 0.3) is 0 Å². The maximum absolute atomic E-state index is 9.16. The summed E-state index contributed by atoms with van der Waals surface area (Å²) >= 11 is -0.0939. The molecule has 0 heterocycles. The molecule has 0 aromatic heterocycles. The van der Waals surface area contributed by atoms with Crippen LogP contribution in [0, 0.1) is 0 Å². The van der Waals surface area contributed by atoms with E-state index in [0.29, 0.717) is 4.73 Å². The van der Waals surface area contributed by atoms with Gasteiger partial charge >= 0.3 is 71.5 Å². The van der Waals surface area contributed by atoms with Crippen molar-refractivity contribution in [2.24, 2.45) is 0 Å². The third-order valence-electron chi connectivity index (χ3n) is 1.24. The Balaban J connectivity index is 2.65. The number of para-hydroxylation sites is 1. The van der Waals surface area contributed by atoms with Gasteiger partial charge in [-0.15, -0.1) is 0 Å². The molecular formula is C8H11NOSe. The van der Waals surface area contributed by atoms with Crippen LogP contribution in [0.15, 0.2) is 30.3 Å². The van der Waals surface area contributed by atoms with E-state index in [9.17, 15) is 0 Å². The van der Waals surface area contributed by atoms with Gasteiger partial charge in [-0.2, -0.15) is 0 Å². The second kappa shape index (κ2) is 4.29. The van der Waals surface area contributed by atoms with Gasteiger partial charge in [0.15, 0.2) is 0 Å². The van der Waals surface area contributed by atoms with E-state index in [0.717, 1.165) is 5.69 Å². The first-order valence-corrected chi connectivity index (χ1v) is 6.12. The number of nitrogens with one attached hydrogen (secondary N) is 1. The molecule has 0 amide bonds. The molecule has 0 saturated heterocycles. The van der Waals surface area contributed by atoms with Crippen molar-refractivity contribution in [1.82, 2.24) is 0 Å². The van der Waals surface area contributed by atoms with Gasteiger partial charge in [0.2, 0.25) is 0 Å². The first-order valence-electron chi connectivity index (χ1n) is 3.31. The number of rotatable bonds is 2. The summed E-state index contributed by atoms with van der Waals surface area (Å²) < 4.78 is 0.396. The van der Waals surface area contributed by atoms with Gasteiger partial charge in [0, 0.05) is 0 Å². The Morgan fingerprint density at radius 1 is 1.36 bits per heavy atom. The van der Waals surface area contributed by atoms with Gasteiger partial charge in [-0.1, -0.05) is 0 Å². The molecule has 11 heavy (non-hydrogen) atoms. The molecule has 0 fully saturated rings. The maximum atomic E-state index is 9.16. The molecule has 0 atom stereocenters. The normalized spacial score (nSPS) is 12.0. The van der Waals surface area contributed by atoms with E-state index in [1.807, 2.05) is 36.2 Å². The van der Waals surface area contributed by atoms with Gasteiger partial charge in [-0.05, 0) is 0 Å². The van der Waals surface area contributed by atoms with Gasteiger partial charge < -0.3 is 0 Å². The van der Waals surface area contributed by atoms with Crippen LogP contribution in [0.1, 0.15) is 0 Å². The molecule has 0 spiro atoms. The fourth-order valence-electron chi connectivity index (χ4n) is 0.706. The van der Waals surface area contributed by atoms with Gasteiger partial charge in [0.05, 0.1) is 0 Å². The molecule has 2 nitrogen and oxygen atoms in total. The first-order chi connectivity index (χ1) is 5.33. The number of benzene rings is 1. The summed E-state index contributed by atoms with van der Waals surface area (Å²) in [5.74, 6) is 1.99. The minimum atomic E-state index is -0.0939. The first kappa shape index (κ1) is 8.47. The van der Waals surface area contributed by atoms with E-state index < -0.39 is 0 Å². The molecule has 2 N–H and O–H groups in total. The van der Waals surface area contributed by atoms with Crippen molar-refractivity contribution in [2.75, 3.05) is 5.32 Å². The van der Waals surface area contributed by atoms with Crippen molar-refractivity contribution in [3.8, 4) is 0 Å². The third-order valence-corrected chi connectivity index (χ3v) is 2.37. The summed E-state index contributed by atoms with van der Waals surface area (Å²) in [6.07, 6.45) is 0. The minimum absolute atomic E-state index is 0.0939. The molecule has 0 unspecified atom stereocenters. The monoisotopic (exact) mass is 217 g/mol. The van der Waals surface area contributed by atoms with E-state index >= 15 is 0 Å². The van der Waals surface area contributed by atoms with E-state index in [2.05, 4.69) is 5.32 Å². The molecular weight excluding hydrogens is 205 g/mol. The van der Waals surface area contributed by atoms with Crippen LogP contribution in [-0.2, 0) is 0 Å². The van der Waals surface area contributed by atoms with Gasteiger partial charge in [-0.25, -0.2) is 0 Å². The average molecular weight is 216 g/mol. The number of aliphatic hydroxyl groups excluding tert-OH is 1. The van der Waals surface area contributed by atoms with E-state index in [1.165, 1.54) is 0 Å². The molecule has 1 aromatic carbocycles. The number of aliphatic hydroxyl groups is 1. The summed E-state index contributed by atoms with van der Waals surface area (Å²) in [7, 11) is 0. The van der Waals surface area contributed by atoms with Crippen molar-refractivity contribution in [3.05, 3.63) is 30.3 Å². The zero-order valence-electron chi connectivity index (χ0n) is 6.28. The van der Waals surface area contributed by atoms with Crippen molar-refractivity contribution >= 4 is 24.9 Å². The van der Waals surface area contributed by atoms with Crippen LogP contribution in [0.25, 0.3) is 0 Å². The predicted molar refractivity (Wildman–Crippen MR) is 50.0 cm³/mol. The standard InChI is InChI=1S/C8H11NOSe/c1-11-8(10)9-7-5-3-2-4-6-7/h2-6,9-11H,1H3. The molecule has 0 radical (unpaired) electrons. The zero-order chi connectivity index (χ0) is 8.10. The van der Waals surface area contributed by atoms with Crippen LogP contribution in [0.3, 0.4) is 0 Å². The molecule has 3 heteroatoms. The van der Waals surface area contributed by atoms with Gasteiger partial charge in [0.1, 0.15) is 0 Å². The van der Waals surface area contributed by atoms with Crippen molar-refractivity contribution in [2.45, 2.75) is 5.82 Å². The Morgan fingerprint density at radius 2 is 2.00 bits per heavy atom. The van der Waals surface area contributed by atoms with Crippen LogP contribution in [0.2, 0.25) is 5.82 Å². The van der Waals surface area contributed by atoms with E-state index in [1.54, 1.807) is 0 Å². The summed E-state index contributed by atoms with van der Waals surface area (Å²) in [6, 6.07) is 9.66. The number of hydrogen-bond donors (Lipinski definition) is 2. The second-order valence-electron chi connectivity index (χ2n) is 2.04. The third kappa shape index (κ3) is 2.85. The van der Waals surface area contributed by atoms with Crippen molar-refractivity contribution < 1.29 is 5.11 Å². The molecule has 1 rings (SSSR count).